The summed E-state index contributed by atoms with van der Waals surface area (Å²) in [4.78, 5) is 13.3. The summed E-state index contributed by atoms with van der Waals surface area (Å²) in [5.74, 6) is -0.602. The molecule has 0 fully saturated rings. The molecule has 0 spiro atoms. The number of methoxy groups -OCH3 is 1. The SMILES string of the molecule is COc1ccc(CN(C)c2ccccc2)cc1C(=O)O. The van der Waals surface area contributed by atoms with Crippen molar-refractivity contribution >= 4 is 11.7 Å². The van der Waals surface area contributed by atoms with Crippen LogP contribution < -0.4 is 9.64 Å². The second-order valence-corrected chi connectivity index (χ2v) is 4.53. The fraction of sp³-hybridized carbons (Fsp3) is 0.188. The Morgan fingerprint density at radius 1 is 1.20 bits per heavy atom. The smallest absolute Gasteiger partial charge is 0.339 e. The lowest BCUT2D eigenvalue weighted by molar-refractivity contribution is 0.0693. The Bertz CT molecular complexity index is 596. The number of benzene rings is 2. The molecule has 0 saturated carbocycles. The molecule has 2 rings (SSSR count). The number of para-hydroxylation sites is 1. The largest absolute Gasteiger partial charge is 0.496 e. The van der Waals surface area contributed by atoms with Crippen LogP contribution in [0.5, 0.6) is 5.75 Å². The van der Waals surface area contributed by atoms with Crippen molar-refractivity contribution in [3.8, 4) is 5.75 Å². The molecule has 0 amide bonds. The zero-order valence-electron chi connectivity index (χ0n) is 11.5. The van der Waals surface area contributed by atoms with E-state index in [1.165, 1.54) is 7.11 Å². The highest BCUT2D eigenvalue weighted by Gasteiger charge is 2.12. The summed E-state index contributed by atoms with van der Waals surface area (Å²) in [5, 5.41) is 9.18. The van der Waals surface area contributed by atoms with Gasteiger partial charge < -0.3 is 14.7 Å². The normalized spacial score (nSPS) is 10.1. The minimum atomic E-state index is -0.980. The number of carboxylic acids is 1. The van der Waals surface area contributed by atoms with Crippen molar-refractivity contribution in [2.75, 3.05) is 19.1 Å². The van der Waals surface area contributed by atoms with Gasteiger partial charge in [-0.25, -0.2) is 4.79 Å². The highest BCUT2D eigenvalue weighted by molar-refractivity contribution is 5.91. The van der Waals surface area contributed by atoms with Crippen LogP contribution in [0.25, 0.3) is 0 Å². The van der Waals surface area contributed by atoms with Crippen LogP contribution >= 0.6 is 0 Å². The summed E-state index contributed by atoms with van der Waals surface area (Å²) in [7, 11) is 3.44. The van der Waals surface area contributed by atoms with E-state index in [1.54, 1.807) is 12.1 Å². The van der Waals surface area contributed by atoms with Gasteiger partial charge in [-0.3, -0.25) is 0 Å². The van der Waals surface area contributed by atoms with Gasteiger partial charge in [0.1, 0.15) is 11.3 Å². The van der Waals surface area contributed by atoms with Gasteiger partial charge in [-0.1, -0.05) is 24.3 Å². The predicted octanol–water partition coefficient (Wildman–Crippen LogP) is 3.03. The third-order valence-electron chi connectivity index (χ3n) is 3.11. The minimum Gasteiger partial charge on any atom is -0.496 e. The van der Waals surface area contributed by atoms with E-state index in [1.807, 2.05) is 43.4 Å². The number of hydrogen-bond donors (Lipinski definition) is 1. The minimum absolute atomic E-state index is 0.187. The van der Waals surface area contributed by atoms with E-state index in [-0.39, 0.29) is 5.56 Å². The van der Waals surface area contributed by atoms with Crippen molar-refractivity contribution in [2.45, 2.75) is 6.54 Å². The van der Waals surface area contributed by atoms with Crippen molar-refractivity contribution in [2.24, 2.45) is 0 Å². The van der Waals surface area contributed by atoms with Gasteiger partial charge in [0.15, 0.2) is 0 Å². The molecular weight excluding hydrogens is 254 g/mol. The topological polar surface area (TPSA) is 49.8 Å². The first-order valence-electron chi connectivity index (χ1n) is 6.28. The molecule has 4 nitrogen and oxygen atoms in total. The van der Waals surface area contributed by atoms with Crippen molar-refractivity contribution in [3.05, 3.63) is 59.7 Å². The number of rotatable bonds is 5. The average molecular weight is 271 g/mol. The maximum Gasteiger partial charge on any atom is 0.339 e. The highest BCUT2D eigenvalue weighted by atomic mass is 16.5. The van der Waals surface area contributed by atoms with Crippen molar-refractivity contribution in [3.63, 3.8) is 0 Å². The average Bonchev–Trinajstić information content (AvgIpc) is 2.48. The van der Waals surface area contributed by atoms with Crippen LogP contribution in [-0.2, 0) is 6.54 Å². The number of hydrogen-bond acceptors (Lipinski definition) is 3. The van der Waals surface area contributed by atoms with E-state index in [0.29, 0.717) is 12.3 Å². The van der Waals surface area contributed by atoms with Gasteiger partial charge in [0.25, 0.3) is 0 Å². The molecule has 0 aliphatic heterocycles. The van der Waals surface area contributed by atoms with Crippen LogP contribution in [0.4, 0.5) is 5.69 Å². The second kappa shape index (κ2) is 6.10. The Morgan fingerprint density at radius 3 is 2.50 bits per heavy atom. The van der Waals surface area contributed by atoms with E-state index in [9.17, 15) is 9.90 Å². The van der Waals surface area contributed by atoms with Gasteiger partial charge in [0, 0.05) is 19.3 Å². The molecule has 0 bridgehead atoms. The summed E-state index contributed by atoms with van der Waals surface area (Å²) >= 11 is 0. The molecule has 1 N–H and O–H groups in total. The van der Waals surface area contributed by atoms with Gasteiger partial charge in [0.05, 0.1) is 7.11 Å². The quantitative estimate of drug-likeness (QED) is 0.908. The first-order chi connectivity index (χ1) is 9.61. The van der Waals surface area contributed by atoms with Crippen LogP contribution in [0.3, 0.4) is 0 Å². The zero-order chi connectivity index (χ0) is 14.5. The van der Waals surface area contributed by atoms with Crippen LogP contribution in [0, 0.1) is 0 Å². The fourth-order valence-corrected chi connectivity index (χ4v) is 2.07. The molecule has 0 unspecified atom stereocenters. The Balaban J connectivity index is 2.22. The molecule has 0 aliphatic carbocycles. The summed E-state index contributed by atoms with van der Waals surface area (Å²) in [6, 6.07) is 15.2. The molecule has 0 saturated heterocycles. The molecule has 0 radical (unpaired) electrons. The number of carbonyl (C=O) groups is 1. The van der Waals surface area contributed by atoms with E-state index in [0.717, 1.165) is 11.3 Å². The molecule has 2 aromatic carbocycles. The van der Waals surface area contributed by atoms with Crippen molar-refractivity contribution in [1.29, 1.82) is 0 Å². The van der Waals surface area contributed by atoms with Crippen LogP contribution in [-0.4, -0.2) is 25.2 Å². The monoisotopic (exact) mass is 271 g/mol. The van der Waals surface area contributed by atoms with E-state index in [2.05, 4.69) is 4.90 Å². The first-order valence-corrected chi connectivity index (χ1v) is 6.28. The predicted molar refractivity (Wildman–Crippen MR) is 78.5 cm³/mol. The Morgan fingerprint density at radius 2 is 1.90 bits per heavy atom. The zero-order valence-corrected chi connectivity index (χ0v) is 11.5. The van der Waals surface area contributed by atoms with E-state index >= 15 is 0 Å². The number of carboxylic acid groups (broad SMARTS) is 1. The van der Waals surface area contributed by atoms with Gasteiger partial charge in [-0.05, 0) is 29.8 Å². The number of aromatic carboxylic acids is 1. The maximum atomic E-state index is 11.2. The lowest BCUT2D eigenvalue weighted by Gasteiger charge is -2.19. The Labute approximate surface area is 118 Å². The molecule has 0 atom stereocenters. The highest BCUT2D eigenvalue weighted by Crippen LogP contribution is 2.22. The summed E-state index contributed by atoms with van der Waals surface area (Å²) in [6.45, 7) is 0.633. The first kappa shape index (κ1) is 13.9. The molecule has 104 valence electrons. The van der Waals surface area contributed by atoms with Crippen LogP contribution in [0.2, 0.25) is 0 Å². The fourth-order valence-electron chi connectivity index (χ4n) is 2.07. The summed E-state index contributed by atoms with van der Waals surface area (Å²) in [5.41, 5.74) is 2.20. The van der Waals surface area contributed by atoms with Gasteiger partial charge >= 0.3 is 5.97 Å². The number of ether oxygens (including phenoxy) is 1. The summed E-state index contributed by atoms with van der Waals surface area (Å²) in [6.07, 6.45) is 0. The van der Waals surface area contributed by atoms with Gasteiger partial charge in [-0.15, -0.1) is 0 Å². The van der Waals surface area contributed by atoms with E-state index in [4.69, 9.17) is 4.74 Å². The Kier molecular flexibility index (Phi) is 4.25. The van der Waals surface area contributed by atoms with Crippen molar-refractivity contribution < 1.29 is 14.6 Å². The van der Waals surface area contributed by atoms with Crippen molar-refractivity contribution in [1.82, 2.24) is 0 Å². The molecule has 20 heavy (non-hydrogen) atoms. The van der Waals surface area contributed by atoms with Gasteiger partial charge in [0.2, 0.25) is 0 Å². The van der Waals surface area contributed by atoms with E-state index < -0.39 is 5.97 Å². The molecule has 0 heterocycles. The number of nitrogens with zero attached hydrogens (tertiary/aromatic N) is 1. The third kappa shape index (κ3) is 3.09. The maximum absolute atomic E-state index is 11.2. The number of anilines is 1. The molecule has 2 aromatic rings. The summed E-state index contributed by atoms with van der Waals surface area (Å²) < 4.78 is 5.06. The third-order valence-corrected chi connectivity index (χ3v) is 3.11. The standard InChI is InChI=1S/C16H17NO3/c1-17(13-6-4-3-5-7-13)11-12-8-9-15(20-2)14(10-12)16(18)19/h3-10H,11H2,1-2H3,(H,18,19). The molecule has 4 heteroatoms. The van der Waals surface area contributed by atoms with Crippen LogP contribution in [0.1, 0.15) is 15.9 Å². The van der Waals surface area contributed by atoms with Gasteiger partial charge in [-0.2, -0.15) is 0 Å². The molecule has 0 aliphatic rings. The Hall–Kier alpha value is -2.49. The molecule has 0 aromatic heterocycles. The molecular formula is C16H17NO3. The second-order valence-electron chi connectivity index (χ2n) is 4.53. The van der Waals surface area contributed by atoms with Crippen LogP contribution in [0.15, 0.2) is 48.5 Å². The lowest BCUT2D eigenvalue weighted by atomic mass is 10.1. The lowest BCUT2D eigenvalue weighted by Crippen LogP contribution is -2.16.